The molecule has 0 amide bonds. The van der Waals surface area contributed by atoms with Gasteiger partial charge in [-0.1, -0.05) is 26.0 Å². The topological polar surface area (TPSA) is 67.8 Å². The second kappa shape index (κ2) is 8.29. The number of carbonyl (C=O) groups excluding carboxylic acids is 1. The van der Waals surface area contributed by atoms with Crippen LogP contribution in [0.4, 0.5) is 19.0 Å². The van der Waals surface area contributed by atoms with Crippen LogP contribution in [0, 0.1) is 18.7 Å². The zero-order valence-electron chi connectivity index (χ0n) is 16.8. The molecular weight excluding hydrogens is 461 g/mol. The van der Waals surface area contributed by atoms with Gasteiger partial charge in [0.05, 0.1) is 23.3 Å². The number of hydrogen-bond donors (Lipinski definition) is 1. The number of aryl methyl sites for hydroxylation is 1. The Labute approximate surface area is 180 Å². The lowest BCUT2D eigenvalue weighted by molar-refractivity contribution is -0.148. The molecule has 0 aliphatic rings. The van der Waals surface area contributed by atoms with Gasteiger partial charge >= 0.3 is 5.92 Å². The number of nitrogens with zero attached hydrogens (tertiary/aromatic N) is 3. The number of carbonyl (C=O) groups is 1. The maximum absolute atomic E-state index is 15.1. The molecule has 1 aromatic carbocycles. The normalized spacial score (nSPS) is 13.0. The van der Waals surface area contributed by atoms with Crippen molar-refractivity contribution in [2.75, 3.05) is 5.32 Å². The van der Waals surface area contributed by atoms with Gasteiger partial charge in [0.1, 0.15) is 22.1 Å². The van der Waals surface area contributed by atoms with Crippen molar-refractivity contribution in [2.24, 2.45) is 5.92 Å². The van der Waals surface area contributed by atoms with E-state index in [4.69, 9.17) is 0 Å². The number of anilines is 1. The summed E-state index contributed by atoms with van der Waals surface area (Å²) in [5, 5.41) is 3.72. The molecule has 0 fully saturated rings. The van der Waals surface area contributed by atoms with E-state index in [1.165, 1.54) is 26.0 Å². The molecule has 0 bridgehead atoms. The molecule has 0 saturated carbocycles. The van der Waals surface area contributed by atoms with Crippen molar-refractivity contribution in [3.63, 3.8) is 0 Å². The highest BCUT2D eigenvalue weighted by molar-refractivity contribution is 9.10. The van der Waals surface area contributed by atoms with Gasteiger partial charge in [-0.15, -0.1) is 0 Å². The number of pyridine rings is 1. The third-order valence-corrected chi connectivity index (χ3v) is 5.11. The lowest BCUT2D eigenvalue weighted by atomic mass is 9.93. The first-order valence-corrected chi connectivity index (χ1v) is 10.1. The van der Waals surface area contributed by atoms with Crippen LogP contribution in [0.15, 0.2) is 35.1 Å². The minimum absolute atomic E-state index is 0.00117. The Hall–Kier alpha value is -2.55. The zero-order chi connectivity index (χ0) is 22.2. The largest absolute Gasteiger partial charge is 0.363 e. The molecule has 1 atom stereocenters. The number of nitrogens with one attached hydrogen (secondary N) is 1. The van der Waals surface area contributed by atoms with Gasteiger partial charge in [0.25, 0.3) is 0 Å². The molecular formula is C21H20BrF3N4O. The van der Waals surface area contributed by atoms with Crippen molar-refractivity contribution >= 4 is 38.4 Å². The number of halogens is 4. The maximum Gasteiger partial charge on any atom is 0.333 e. The van der Waals surface area contributed by atoms with Crippen molar-refractivity contribution in [1.29, 1.82) is 0 Å². The smallest absolute Gasteiger partial charge is 0.333 e. The first kappa shape index (κ1) is 22.1. The number of fused-ring (bicyclic) bond motifs is 1. The van der Waals surface area contributed by atoms with E-state index in [0.717, 1.165) is 6.07 Å². The van der Waals surface area contributed by atoms with E-state index in [9.17, 15) is 13.6 Å². The fourth-order valence-corrected chi connectivity index (χ4v) is 3.47. The Morgan fingerprint density at radius 1 is 1.20 bits per heavy atom. The van der Waals surface area contributed by atoms with Gasteiger partial charge < -0.3 is 5.32 Å². The molecule has 0 saturated heterocycles. The first-order chi connectivity index (χ1) is 14.0. The molecule has 0 aliphatic heterocycles. The van der Waals surface area contributed by atoms with E-state index in [2.05, 4.69) is 36.2 Å². The van der Waals surface area contributed by atoms with Crippen molar-refractivity contribution in [3.05, 3.63) is 57.8 Å². The van der Waals surface area contributed by atoms with E-state index in [-0.39, 0.29) is 5.56 Å². The second-order valence-corrected chi connectivity index (χ2v) is 8.12. The molecule has 5 nitrogen and oxygen atoms in total. The SMILES string of the molecule is Cc1nc(N[C@H](C)c2cccc(C(F)(F)C(=O)C(C)C)c2F)c2cc(Br)ncc2n1. The molecule has 3 rings (SSSR count). The molecule has 1 N–H and O–H groups in total. The molecule has 2 aromatic heterocycles. The Morgan fingerprint density at radius 3 is 2.57 bits per heavy atom. The fraction of sp³-hybridized carbons (Fsp3) is 0.333. The third kappa shape index (κ3) is 4.16. The number of Topliss-reactive ketones (excluding diaryl/α,β-unsaturated/α-hetero) is 1. The summed E-state index contributed by atoms with van der Waals surface area (Å²) in [6.07, 6.45) is 1.57. The number of benzene rings is 1. The van der Waals surface area contributed by atoms with E-state index >= 15 is 4.39 Å². The van der Waals surface area contributed by atoms with Crippen LogP contribution in [0.1, 0.15) is 43.8 Å². The van der Waals surface area contributed by atoms with Crippen LogP contribution in [-0.2, 0) is 10.7 Å². The number of hydrogen-bond acceptors (Lipinski definition) is 5. The molecule has 9 heteroatoms. The predicted molar refractivity (Wildman–Crippen MR) is 112 cm³/mol. The minimum Gasteiger partial charge on any atom is -0.363 e. The molecule has 0 aliphatic carbocycles. The average Bonchev–Trinajstić information content (AvgIpc) is 2.67. The lowest BCUT2D eigenvalue weighted by Crippen LogP contribution is -2.31. The van der Waals surface area contributed by atoms with E-state index in [1.54, 1.807) is 26.1 Å². The van der Waals surface area contributed by atoms with Gasteiger partial charge in [0.2, 0.25) is 5.78 Å². The summed E-state index contributed by atoms with van der Waals surface area (Å²) in [4.78, 5) is 24.8. The van der Waals surface area contributed by atoms with Crippen LogP contribution >= 0.6 is 15.9 Å². The van der Waals surface area contributed by atoms with Gasteiger partial charge in [-0.3, -0.25) is 4.79 Å². The molecule has 158 valence electrons. The van der Waals surface area contributed by atoms with Crippen LogP contribution in [0.25, 0.3) is 10.9 Å². The highest BCUT2D eigenvalue weighted by Gasteiger charge is 2.44. The molecule has 0 spiro atoms. The van der Waals surface area contributed by atoms with Gasteiger partial charge in [0.15, 0.2) is 0 Å². The molecule has 30 heavy (non-hydrogen) atoms. The highest BCUT2D eigenvalue weighted by atomic mass is 79.9. The van der Waals surface area contributed by atoms with E-state index in [0.29, 0.717) is 27.1 Å². The summed E-state index contributed by atoms with van der Waals surface area (Å²) in [6.45, 7) is 6.05. The molecule has 0 unspecified atom stereocenters. The third-order valence-electron chi connectivity index (χ3n) is 4.68. The average molecular weight is 481 g/mol. The molecule has 2 heterocycles. The van der Waals surface area contributed by atoms with Crippen molar-refractivity contribution in [3.8, 4) is 0 Å². The van der Waals surface area contributed by atoms with Gasteiger partial charge in [-0.2, -0.15) is 8.78 Å². The van der Waals surface area contributed by atoms with E-state index in [1.807, 2.05) is 0 Å². The summed E-state index contributed by atoms with van der Waals surface area (Å²) < 4.78 is 44.8. The van der Waals surface area contributed by atoms with Crippen LogP contribution in [0.2, 0.25) is 0 Å². The van der Waals surface area contributed by atoms with Crippen LogP contribution < -0.4 is 5.32 Å². The van der Waals surface area contributed by atoms with Crippen LogP contribution in [-0.4, -0.2) is 20.7 Å². The number of alkyl halides is 2. The summed E-state index contributed by atoms with van der Waals surface area (Å²) >= 11 is 3.29. The summed E-state index contributed by atoms with van der Waals surface area (Å²) in [7, 11) is 0. The standard InChI is InChI=1S/C21H20BrF3N4O/c1-10(2)19(30)21(24,25)15-7-5-6-13(18(15)23)11(3)27-20-14-8-17(22)26-9-16(14)28-12(4)29-20/h5-11H,1-4H3,(H,27,28,29)/t11-/m1/s1. The molecule has 3 aromatic rings. The fourth-order valence-electron chi connectivity index (χ4n) is 3.14. The second-order valence-electron chi connectivity index (χ2n) is 7.31. The zero-order valence-corrected chi connectivity index (χ0v) is 18.4. The van der Waals surface area contributed by atoms with Gasteiger partial charge in [-0.05, 0) is 41.9 Å². The van der Waals surface area contributed by atoms with Crippen molar-refractivity contribution in [2.45, 2.75) is 39.7 Å². The monoisotopic (exact) mass is 480 g/mol. The van der Waals surface area contributed by atoms with Crippen LogP contribution in [0.3, 0.4) is 0 Å². The van der Waals surface area contributed by atoms with Crippen LogP contribution in [0.5, 0.6) is 0 Å². The Morgan fingerprint density at radius 2 is 1.90 bits per heavy atom. The minimum atomic E-state index is -3.91. The van der Waals surface area contributed by atoms with E-state index < -0.39 is 35.0 Å². The summed E-state index contributed by atoms with van der Waals surface area (Å²) in [5.41, 5.74) is -0.340. The summed E-state index contributed by atoms with van der Waals surface area (Å²) in [6, 6.07) is 4.67. The number of aromatic nitrogens is 3. The van der Waals surface area contributed by atoms with Gasteiger partial charge in [0, 0.05) is 16.9 Å². The van der Waals surface area contributed by atoms with Gasteiger partial charge in [-0.25, -0.2) is 19.3 Å². The lowest BCUT2D eigenvalue weighted by Gasteiger charge is -2.22. The van der Waals surface area contributed by atoms with Crippen molar-refractivity contribution < 1.29 is 18.0 Å². The highest BCUT2D eigenvalue weighted by Crippen LogP contribution is 2.36. The maximum atomic E-state index is 15.1. The predicted octanol–water partition coefficient (Wildman–Crippen LogP) is 5.72. The Kier molecular flexibility index (Phi) is 6.12. The van der Waals surface area contributed by atoms with Crippen molar-refractivity contribution in [1.82, 2.24) is 15.0 Å². The number of ketones is 1. The number of rotatable bonds is 6. The quantitative estimate of drug-likeness (QED) is 0.456. The molecule has 0 radical (unpaired) electrons. The Bertz CT molecular complexity index is 1120. The summed E-state index contributed by atoms with van der Waals surface area (Å²) in [5.74, 6) is -6.39. The Balaban J connectivity index is 2.02. The first-order valence-electron chi connectivity index (χ1n) is 9.29.